The minimum absolute atomic E-state index is 0. The molecule has 84 valence electrons. The summed E-state index contributed by atoms with van der Waals surface area (Å²) in [6, 6.07) is 6.56. The average Bonchev–Trinajstić information content (AvgIpc) is 2.26. The molecule has 0 aliphatic heterocycles. The van der Waals surface area contributed by atoms with Gasteiger partial charge in [0, 0.05) is 21.7 Å². The Labute approximate surface area is 130 Å². The predicted molar refractivity (Wildman–Crippen MR) is 72.2 cm³/mol. The first-order chi connectivity index (χ1) is 7.58. The van der Waals surface area contributed by atoms with Crippen molar-refractivity contribution in [3.8, 4) is 11.3 Å². The van der Waals surface area contributed by atoms with Crippen LogP contribution in [0.1, 0.15) is 5.56 Å². The Morgan fingerprint density at radius 1 is 1.18 bits per heavy atom. The Balaban J connectivity index is 0.00000144. The summed E-state index contributed by atoms with van der Waals surface area (Å²) in [4.78, 5) is 10.9. The third kappa shape index (κ3) is 3.33. The van der Waals surface area contributed by atoms with Crippen molar-refractivity contribution in [3.05, 3.63) is 50.2 Å². The number of halogens is 2. The van der Waals surface area contributed by atoms with Crippen LogP contribution in [-0.2, 0) is 0 Å². The van der Waals surface area contributed by atoms with Crippen LogP contribution < -0.4 is 5.56 Å². The average molecular weight is 279 g/mol. The minimum atomic E-state index is -0.243. The van der Waals surface area contributed by atoms with Gasteiger partial charge in [0.1, 0.15) is 0 Å². The molecule has 0 bridgehead atoms. The summed E-state index contributed by atoms with van der Waals surface area (Å²) in [5.41, 5.74) is 1.99. The second-order valence-corrected chi connectivity index (χ2v) is 4.19. The molecule has 17 heavy (non-hydrogen) atoms. The van der Waals surface area contributed by atoms with Crippen LogP contribution in [0.15, 0.2) is 29.1 Å². The van der Waals surface area contributed by atoms with E-state index in [2.05, 4.69) is 10.2 Å². The first-order valence-corrected chi connectivity index (χ1v) is 5.35. The Morgan fingerprint density at radius 3 is 2.24 bits per heavy atom. The number of hydrogen-bond donors (Lipinski definition) is 1. The molecular weight excluding hydrogens is 270 g/mol. The van der Waals surface area contributed by atoms with E-state index in [0.29, 0.717) is 15.7 Å². The van der Waals surface area contributed by atoms with E-state index >= 15 is 0 Å². The maximum atomic E-state index is 10.9. The normalized spacial score (nSPS) is 9.82. The van der Waals surface area contributed by atoms with Gasteiger partial charge in [0.15, 0.2) is 0 Å². The molecule has 0 aliphatic rings. The molecule has 0 fully saturated rings. The van der Waals surface area contributed by atoms with Gasteiger partial charge in [0.05, 0.1) is 5.69 Å². The van der Waals surface area contributed by atoms with Gasteiger partial charge in [-0.2, -0.15) is 5.10 Å². The molecule has 1 aromatic heterocycles. The van der Waals surface area contributed by atoms with Crippen molar-refractivity contribution in [3.63, 3.8) is 0 Å². The second-order valence-electron chi connectivity index (χ2n) is 3.37. The van der Waals surface area contributed by atoms with Gasteiger partial charge in [-0.15, -0.1) is 0 Å². The van der Waals surface area contributed by atoms with E-state index in [0.717, 1.165) is 11.1 Å². The number of aromatic nitrogens is 2. The van der Waals surface area contributed by atoms with Crippen LogP contribution in [0.5, 0.6) is 0 Å². The number of H-pyrrole nitrogens is 1. The van der Waals surface area contributed by atoms with E-state index in [1.54, 1.807) is 18.2 Å². The molecule has 0 unspecified atom stereocenters. The maximum absolute atomic E-state index is 10.9. The molecule has 2 aromatic rings. The molecule has 0 aliphatic carbocycles. The summed E-state index contributed by atoms with van der Waals surface area (Å²) in [6.45, 7) is 1.84. The second kappa shape index (κ2) is 6.03. The molecular formula is C11H9Cl2N2NaO. The molecule has 2 rings (SSSR count). The van der Waals surface area contributed by atoms with Crippen LogP contribution in [0.25, 0.3) is 11.3 Å². The fourth-order valence-electron chi connectivity index (χ4n) is 1.30. The number of aromatic amines is 1. The fourth-order valence-corrected chi connectivity index (χ4v) is 1.79. The van der Waals surface area contributed by atoms with E-state index < -0.39 is 0 Å². The predicted octanol–water partition coefficient (Wildman–Crippen LogP) is 2.40. The van der Waals surface area contributed by atoms with Crippen molar-refractivity contribution in [1.82, 2.24) is 10.2 Å². The van der Waals surface area contributed by atoms with Gasteiger partial charge in [-0.3, -0.25) is 4.79 Å². The van der Waals surface area contributed by atoms with Crippen molar-refractivity contribution in [2.24, 2.45) is 0 Å². The molecule has 0 spiro atoms. The van der Waals surface area contributed by atoms with Crippen LogP contribution in [-0.4, -0.2) is 39.8 Å². The zero-order chi connectivity index (χ0) is 11.7. The summed E-state index contributed by atoms with van der Waals surface area (Å²) < 4.78 is 0. The Hall–Kier alpha value is -0.320. The van der Waals surface area contributed by atoms with Crippen LogP contribution in [0.4, 0.5) is 0 Å². The molecule has 0 amide bonds. The SMILES string of the molecule is Cc1c(Cl)cc(-c2ccc(=O)[nH]n2)cc1Cl.[NaH]. The Bertz CT molecular complexity index is 555. The van der Waals surface area contributed by atoms with Gasteiger partial charge < -0.3 is 0 Å². The van der Waals surface area contributed by atoms with Crippen molar-refractivity contribution in [1.29, 1.82) is 0 Å². The zero-order valence-corrected chi connectivity index (χ0v) is 9.93. The van der Waals surface area contributed by atoms with Gasteiger partial charge in [-0.05, 0) is 30.7 Å². The molecule has 0 saturated heterocycles. The molecule has 0 atom stereocenters. The van der Waals surface area contributed by atoms with Gasteiger partial charge in [0.25, 0.3) is 5.56 Å². The number of hydrogen-bond acceptors (Lipinski definition) is 2. The molecule has 1 heterocycles. The van der Waals surface area contributed by atoms with Gasteiger partial charge >= 0.3 is 29.6 Å². The monoisotopic (exact) mass is 278 g/mol. The summed E-state index contributed by atoms with van der Waals surface area (Å²) in [5, 5.41) is 7.42. The van der Waals surface area contributed by atoms with Crippen molar-refractivity contribution in [2.75, 3.05) is 0 Å². The van der Waals surface area contributed by atoms with Crippen molar-refractivity contribution < 1.29 is 0 Å². The number of nitrogens with one attached hydrogen (secondary N) is 1. The fraction of sp³-hybridized carbons (Fsp3) is 0.0909. The summed E-state index contributed by atoms with van der Waals surface area (Å²) in [6.07, 6.45) is 0. The topological polar surface area (TPSA) is 45.8 Å². The van der Waals surface area contributed by atoms with Gasteiger partial charge in [-0.1, -0.05) is 23.2 Å². The van der Waals surface area contributed by atoms with E-state index in [-0.39, 0.29) is 35.1 Å². The standard InChI is InChI=1S/C11H8Cl2N2O.Na.H/c1-6-8(12)4-7(5-9(6)13)10-2-3-11(16)15-14-10;;/h2-5H,1H3,(H,15,16);;. The van der Waals surface area contributed by atoms with Crippen molar-refractivity contribution in [2.45, 2.75) is 6.92 Å². The van der Waals surface area contributed by atoms with Gasteiger partial charge in [-0.25, -0.2) is 5.10 Å². The Kier molecular flexibility index (Phi) is 5.22. The van der Waals surface area contributed by atoms with E-state index in [9.17, 15) is 4.79 Å². The molecule has 1 aromatic carbocycles. The first kappa shape index (κ1) is 14.7. The first-order valence-electron chi connectivity index (χ1n) is 4.59. The zero-order valence-electron chi connectivity index (χ0n) is 8.42. The molecule has 0 saturated carbocycles. The van der Waals surface area contributed by atoms with E-state index in [4.69, 9.17) is 23.2 Å². The number of benzene rings is 1. The quantitative estimate of drug-likeness (QED) is 0.815. The third-order valence-corrected chi connectivity index (χ3v) is 3.04. The van der Waals surface area contributed by atoms with E-state index in [1.165, 1.54) is 6.07 Å². The molecule has 1 N–H and O–H groups in total. The van der Waals surface area contributed by atoms with Crippen LogP contribution in [0.3, 0.4) is 0 Å². The molecule has 3 nitrogen and oxygen atoms in total. The summed E-state index contributed by atoms with van der Waals surface area (Å²) in [7, 11) is 0. The summed E-state index contributed by atoms with van der Waals surface area (Å²) in [5.74, 6) is 0. The van der Waals surface area contributed by atoms with Crippen LogP contribution >= 0.6 is 23.2 Å². The number of nitrogens with zero attached hydrogens (tertiary/aromatic N) is 1. The third-order valence-electron chi connectivity index (χ3n) is 2.26. The van der Waals surface area contributed by atoms with Gasteiger partial charge in [0.2, 0.25) is 0 Å². The molecule has 0 radical (unpaired) electrons. The molecule has 6 heteroatoms. The summed E-state index contributed by atoms with van der Waals surface area (Å²) >= 11 is 12.0. The number of rotatable bonds is 1. The van der Waals surface area contributed by atoms with Crippen LogP contribution in [0.2, 0.25) is 10.0 Å². The van der Waals surface area contributed by atoms with Crippen molar-refractivity contribution >= 4 is 52.8 Å². The Morgan fingerprint density at radius 2 is 1.76 bits per heavy atom. The van der Waals surface area contributed by atoms with E-state index in [1.807, 2.05) is 6.92 Å². The van der Waals surface area contributed by atoms with Crippen LogP contribution in [0, 0.1) is 6.92 Å².